The van der Waals surface area contributed by atoms with Crippen molar-refractivity contribution in [3.8, 4) is 0 Å². The average molecular weight is 341 g/mol. The molecule has 0 spiro atoms. The van der Waals surface area contributed by atoms with E-state index in [1.807, 2.05) is 7.05 Å². The molecule has 1 atom stereocenters. The third kappa shape index (κ3) is 3.90. The number of aryl methyl sites for hydroxylation is 2. The molecule has 1 N–H and O–H groups in total. The quantitative estimate of drug-likeness (QED) is 0.891. The van der Waals surface area contributed by atoms with Crippen LogP contribution in [-0.4, -0.2) is 63.0 Å². The second-order valence-electron chi connectivity index (χ2n) is 7.22. The van der Waals surface area contributed by atoms with E-state index in [-0.39, 0.29) is 0 Å². The molecule has 5 nitrogen and oxygen atoms in total. The number of rotatable bonds is 5. The first kappa shape index (κ1) is 17.2. The molecule has 0 aliphatic carbocycles. The van der Waals surface area contributed by atoms with E-state index in [1.165, 1.54) is 19.3 Å². The highest BCUT2D eigenvalue weighted by molar-refractivity contribution is 6.30. The summed E-state index contributed by atoms with van der Waals surface area (Å²) in [6, 6.07) is 0. The highest BCUT2D eigenvalue weighted by Crippen LogP contribution is 2.28. The number of hydrogen-bond acceptors (Lipinski definition) is 4. The van der Waals surface area contributed by atoms with Gasteiger partial charge in [0, 0.05) is 38.8 Å². The maximum atomic E-state index is 11.0. The summed E-state index contributed by atoms with van der Waals surface area (Å²) in [5, 5.41) is 16.2. The molecule has 1 aromatic rings. The normalized spacial score (nSPS) is 27.0. The zero-order valence-electron chi connectivity index (χ0n) is 14.4. The molecule has 2 aliphatic heterocycles. The molecule has 0 aromatic carbocycles. The van der Waals surface area contributed by atoms with Crippen LogP contribution in [-0.2, 0) is 20.0 Å². The standard InChI is InChI=1S/C17H29ClN4O/c1-3-15-14(16(18)20(2)19-15)11-22-10-7-17(23,13-22)12-21-8-5-4-6-9-21/h23H,3-13H2,1-2H3/t17-/m0/s1. The van der Waals surface area contributed by atoms with Crippen molar-refractivity contribution in [2.45, 2.75) is 51.2 Å². The first-order chi connectivity index (χ1) is 11.0. The fourth-order valence-electron chi connectivity index (χ4n) is 4.00. The Hall–Kier alpha value is -0.620. The summed E-state index contributed by atoms with van der Waals surface area (Å²) in [6.45, 7) is 7.64. The third-order valence-electron chi connectivity index (χ3n) is 5.25. The van der Waals surface area contributed by atoms with Crippen LogP contribution in [0.5, 0.6) is 0 Å². The summed E-state index contributed by atoms with van der Waals surface area (Å²) < 4.78 is 1.76. The van der Waals surface area contributed by atoms with Crippen molar-refractivity contribution in [3.63, 3.8) is 0 Å². The Kier molecular flexibility index (Phi) is 5.31. The van der Waals surface area contributed by atoms with Crippen molar-refractivity contribution >= 4 is 11.6 Å². The number of aliphatic hydroxyl groups is 1. The Morgan fingerprint density at radius 1 is 1.17 bits per heavy atom. The first-order valence-corrected chi connectivity index (χ1v) is 9.26. The SMILES string of the molecule is CCc1nn(C)c(Cl)c1CN1CC[C@](O)(CN2CCCCC2)C1. The summed E-state index contributed by atoms with van der Waals surface area (Å²) in [7, 11) is 1.89. The van der Waals surface area contributed by atoms with Crippen LogP contribution in [0.25, 0.3) is 0 Å². The van der Waals surface area contributed by atoms with Gasteiger partial charge in [-0.3, -0.25) is 9.58 Å². The summed E-state index contributed by atoms with van der Waals surface area (Å²) in [4.78, 5) is 4.76. The van der Waals surface area contributed by atoms with E-state index < -0.39 is 5.60 Å². The molecular weight excluding hydrogens is 312 g/mol. The molecule has 6 heteroatoms. The monoisotopic (exact) mass is 340 g/mol. The largest absolute Gasteiger partial charge is 0.387 e. The number of β-amino-alcohol motifs (C(OH)–C–C–N with tert-alkyl or cyclic N) is 1. The molecule has 23 heavy (non-hydrogen) atoms. The number of piperidine rings is 1. The van der Waals surface area contributed by atoms with Crippen molar-refractivity contribution in [1.29, 1.82) is 0 Å². The van der Waals surface area contributed by atoms with Gasteiger partial charge in [0.2, 0.25) is 0 Å². The molecule has 0 saturated carbocycles. The average Bonchev–Trinajstić information content (AvgIpc) is 3.03. The molecular formula is C17H29ClN4O. The second kappa shape index (κ2) is 7.09. The zero-order valence-corrected chi connectivity index (χ0v) is 15.1. The Balaban J connectivity index is 1.61. The van der Waals surface area contributed by atoms with Gasteiger partial charge in [0.1, 0.15) is 5.15 Å². The second-order valence-corrected chi connectivity index (χ2v) is 7.57. The van der Waals surface area contributed by atoms with E-state index in [0.717, 1.165) is 68.5 Å². The molecule has 130 valence electrons. The number of hydrogen-bond donors (Lipinski definition) is 1. The van der Waals surface area contributed by atoms with E-state index in [4.69, 9.17) is 11.6 Å². The number of halogens is 1. The lowest BCUT2D eigenvalue weighted by molar-refractivity contribution is 0.00633. The van der Waals surface area contributed by atoms with E-state index in [0.29, 0.717) is 0 Å². The Labute approximate surface area is 144 Å². The Morgan fingerprint density at radius 2 is 1.91 bits per heavy atom. The van der Waals surface area contributed by atoms with Gasteiger partial charge in [-0.1, -0.05) is 24.9 Å². The van der Waals surface area contributed by atoms with Gasteiger partial charge in [-0.2, -0.15) is 5.10 Å². The fraction of sp³-hybridized carbons (Fsp3) is 0.824. The fourth-order valence-corrected chi connectivity index (χ4v) is 4.21. The van der Waals surface area contributed by atoms with Crippen molar-refractivity contribution in [2.24, 2.45) is 7.05 Å². The molecule has 3 rings (SSSR count). The van der Waals surface area contributed by atoms with Crippen molar-refractivity contribution in [1.82, 2.24) is 19.6 Å². The Bertz CT molecular complexity index is 541. The van der Waals surface area contributed by atoms with Gasteiger partial charge < -0.3 is 10.0 Å². The lowest BCUT2D eigenvalue weighted by atomic mass is 10.0. The smallest absolute Gasteiger partial charge is 0.131 e. The number of likely N-dealkylation sites (tertiary alicyclic amines) is 2. The van der Waals surface area contributed by atoms with Gasteiger partial charge in [-0.15, -0.1) is 0 Å². The van der Waals surface area contributed by atoms with Crippen molar-refractivity contribution in [2.75, 3.05) is 32.7 Å². The summed E-state index contributed by atoms with van der Waals surface area (Å²) in [5.74, 6) is 0. The molecule has 0 unspecified atom stereocenters. The minimum atomic E-state index is -0.571. The molecule has 0 bridgehead atoms. The lowest BCUT2D eigenvalue weighted by Gasteiger charge is -2.33. The van der Waals surface area contributed by atoms with Gasteiger partial charge in [0.15, 0.2) is 0 Å². The van der Waals surface area contributed by atoms with Crippen LogP contribution < -0.4 is 0 Å². The molecule has 0 radical (unpaired) electrons. The van der Waals surface area contributed by atoms with Gasteiger partial charge in [0.25, 0.3) is 0 Å². The van der Waals surface area contributed by atoms with Crippen LogP contribution >= 0.6 is 11.6 Å². The summed E-state index contributed by atoms with van der Waals surface area (Å²) in [5.41, 5.74) is 1.63. The number of aromatic nitrogens is 2. The maximum absolute atomic E-state index is 11.0. The maximum Gasteiger partial charge on any atom is 0.131 e. The summed E-state index contributed by atoms with van der Waals surface area (Å²) >= 11 is 6.40. The number of nitrogens with zero attached hydrogens (tertiary/aromatic N) is 4. The van der Waals surface area contributed by atoms with Crippen molar-refractivity contribution < 1.29 is 5.11 Å². The van der Waals surface area contributed by atoms with Gasteiger partial charge in [-0.25, -0.2) is 0 Å². The van der Waals surface area contributed by atoms with Crippen LogP contribution in [0, 0.1) is 0 Å². The van der Waals surface area contributed by atoms with E-state index >= 15 is 0 Å². The minimum Gasteiger partial charge on any atom is -0.387 e. The zero-order chi connectivity index (χ0) is 16.4. The topological polar surface area (TPSA) is 44.5 Å². The highest BCUT2D eigenvalue weighted by atomic mass is 35.5. The molecule has 3 heterocycles. The molecule has 1 aromatic heterocycles. The highest BCUT2D eigenvalue weighted by Gasteiger charge is 2.38. The van der Waals surface area contributed by atoms with Crippen LogP contribution in [0.3, 0.4) is 0 Å². The minimum absolute atomic E-state index is 0.571. The van der Waals surface area contributed by atoms with Crippen molar-refractivity contribution in [3.05, 3.63) is 16.4 Å². The summed E-state index contributed by atoms with van der Waals surface area (Å²) in [6.07, 6.45) is 5.61. The predicted octanol–water partition coefficient (Wildman–Crippen LogP) is 2.06. The van der Waals surface area contributed by atoms with E-state index in [2.05, 4.69) is 21.8 Å². The Morgan fingerprint density at radius 3 is 2.61 bits per heavy atom. The molecule has 2 fully saturated rings. The molecule has 2 aliphatic rings. The molecule has 2 saturated heterocycles. The first-order valence-electron chi connectivity index (χ1n) is 8.88. The van der Waals surface area contributed by atoms with Gasteiger partial charge in [-0.05, 0) is 38.8 Å². The third-order valence-corrected chi connectivity index (χ3v) is 5.72. The predicted molar refractivity (Wildman–Crippen MR) is 92.7 cm³/mol. The van der Waals surface area contributed by atoms with Gasteiger partial charge >= 0.3 is 0 Å². The van der Waals surface area contributed by atoms with Crippen LogP contribution in [0.4, 0.5) is 0 Å². The lowest BCUT2D eigenvalue weighted by Crippen LogP contribution is -2.46. The van der Waals surface area contributed by atoms with Crippen LogP contribution in [0.1, 0.15) is 43.9 Å². The molecule has 0 amide bonds. The van der Waals surface area contributed by atoms with Crippen LogP contribution in [0.2, 0.25) is 5.15 Å². The van der Waals surface area contributed by atoms with Crippen LogP contribution in [0.15, 0.2) is 0 Å². The van der Waals surface area contributed by atoms with Gasteiger partial charge in [0.05, 0.1) is 11.3 Å². The van der Waals surface area contributed by atoms with E-state index in [9.17, 15) is 5.11 Å². The van der Waals surface area contributed by atoms with E-state index in [1.54, 1.807) is 4.68 Å².